The van der Waals surface area contributed by atoms with E-state index in [0.717, 1.165) is 51.3 Å². The lowest BCUT2D eigenvalue weighted by molar-refractivity contribution is 1.26. The number of benzene rings is 3. The Balaban J connectivity index is 0.000000131. The van der Waals surface area contributed by atoms with Gasteiger partial charge in [-0.25, -0.2) is 9.97 Å². The second-order valence-electron chi connectivity index (χ2n) is 10.6. The number of rotatable bonds is 0. The highest BCUT2D eigenvalue weighted by Crippen LogP contribution is 2.35. The molecule has 0 amide bonds. The minimum absolute atomic E-state index is 0.915. The van der Waals surface area contributed by atoms with Crippen molar-refractivity contribution in [3.8, 4) is 11.1 Å². The molecule has 206 valence electrons. The molecule has 43 heavy (non-hydrogen) atoms. The van der Waals surface area contributed by atoms with Crippen LogP contribution in [-0.2, 0) is 6.42 Å². The Morgan fingerprint density at radius 1 is 0.372 bits per heavy atom. The first-order chi connectivity index (χ1) is 21.2. The Morgan fingerprint density at radius 3 is 1.19 bits per heavy atom. The molecule has 6 aromatic rings. The summed E-state index contributed by atoms with van der Waals surface area (Å²) in [7, 11) is 0. The Labute approximate surface area is 250 Å². The van der Waals surface area contributed by atoms with E-state index in [2.05, 4.69) is 98.8 Å². The smallest absolute Gasteiger partial charge is 0.0659 e. The zero-order valence-corrected chi connectivity index (χ0v) is 23.6. The molecule has 3 aromatic heterocycles. The highest BCUT2D eigenvalue weighted by molar-refractivity contribution is 5.78. The van der Waals surface area contributed by atoms with Crippen LogP contribution in [0.2, 0.25) is 0 Å². The maximum absolute atomic E-state index is 4.62. The number of aromatic amines is 2. The number of H-pyrrole nitrogens is 2. The van der Waals surface area contributed by atoms with E-state index in [4.69, 9.17) is 0 Å². The molecule has 3 aliphatic rings. The fraction of sp³-hybridized carbons (Fsp3) is 0.0256. The van der Waals surface area contributed by atoms with Crippen molar-refractivity contribution in [2.75, 3.05) is 0 Å². The van der Waals surface area contributed by atoms with E-state index >= 15 is 0 Å². The minimum Gasteiger partial charge on any atom is -0.355 e. The van der Waals surface area contributed by atoms with E-state index in [-0.39, 0.29) is 0 Å². The average molecular weight is 555 g/mol. The van der Waals surface area contributed by atoms with Gasteiger partial charge >= 0.3 is 0 Å². The number of fused-ring (bicyclic) bond motifs is 11. The maximum Gasteiger partial charge on any atom is 0.0659 e. The van der Waals surface area contributed by atoms with Gasteiger partial charge < -0.3 is 9.97 Å². The molecule has 9 rings (SSSR count). The topological polar surface area (TPSA) is 57.4 Å². The number of nitrogens with zero attached hydrogens (tertiary/aromatic N) is 2. The van der Waals surface area contributed by atoms with Gasteiger partial charge in [0.2, 0.25) is 0 Å². The van der Waals surface area contributed by atoms with Crippen molar-refractivity contribution in [2.24, 2.45) is 0 Å². The summed E-state index contributed by atoms with van der Waals surface area (Å²) in [6, 6.07) is 45.7. The second kappa shape index (κ2) is 12.0. The monoisotopic (exact) mass is 554 g/mol. The predicted molar refractivity (Wildman–Crippen MR) is 180 cm³/mol. The van der Waals surface area contributed by atoms with Crippen molar-refractivity contribution < 1.29 is 0 Å². The molecule has 4 nitrogen and oxygen atoms in total. The van der Waals surface area contributed by atoms with E-state index in [9.17, 15) is 0 Å². The van der Waals surface area contributed by atoms with Crippen LogP contribution >= 0.6 is 0 Å². The molecule has 0 atom stereocenters. The number of nitrogens with one attached hydrogen (secondary N) is 2. The van der Waals surface area contributed by atoms with E-state index in [1.807, 2.05) is 78.9 Å². The van der Waals surface area contributed by atoms with Gasteiger partial charge in [0, 0.05) is 22.1 Å². The predicted octanol–water partition coefficient (Wildman–Crippen LogP) is 9.60. The highest BCUT2D eigenvalue weighted by atomic mass is 14.8. The van der Waals surface area contributed by atoms with Crippen molar-refractivity contribution >= 4 is 46.4 Å². The molecule has 0 unspecified atom stereocenters. The molecular weight excluding hydrogens is 524 g/mol. The zero-order chi connectivity index (χ0) is 28.8. The fourth-order valence-corrected chi connectivity index (χ4v) is 5.41. The number of hydrogen-bond donors (Lipinski definition) is 2. The van der Waals surface area contributed by atoms with E-state index < -0.39 is 0 Å². The molecule has 5 heterocycles. The molecule has 0 spiro atoms. The van der Waals surface area contributed by atoms with Crippen molar-refractivity contribution in [2.45, 2.75) is 6.42 Å². The van der Waals surface area contributed by atoms with Crippen LogP contribution in [0.15, 0.2) is 133 Å². The van der Waals surface area contributed by atoms with Gasteiger partial charge in [0.25, 0.3) is 0 Å². The van der Waals surface area contributed by atoms with E-state index in [1.165, 1.54) is 22.3 Å². The average Bonchev–Trinajstić information content (AvgIpc) is 3.88. The fourth-order valence-electron chi connectivity index (χ4n) is 5.41. The summed E-state index contributed by atoms with van der Waals surface area (Å²) in [5, 5.41) is 0. The van der Waals surface area contributed by atoms with E-state index in [0.29, 0.717) is 0 Å². The molecule has 2 aliphatic heterocycles. The molecule has 0 radical (unpaired) electrons. The van der Waals surface area contributed by atoms with Crippen LogP contribution in [0.3, 0.4) is 0 Å². The first kappa shape index (κ1) is 26.2. The quantitative estimate of drug-likeness (QED) is 0.196. The Morgan fingerprint density at radius 2 is 0.744 bits per heavy atom. The largest absolute Gasteiger partial charge is 0.355 e. The van der Waals surface area contributed by atoms with Crippen LogP contribution in [0.5, 0.6) is 0 Å². The van der Waals surface area contributed by atoms with Crippen LogP contribution in [0.25, 0.3) is 57.5 Å². The summed E-state index contributed by atoms with van der Waals surface area (Å²) in [6.45, 7) is 0. The van der Waals surface area contributed by atoms with Crippen molar-refractivity contribution in [1.29, 1.82) is 0 Å². The normalized spacial score (nSPS) is 11.9. The molecule has 1 aliphatic carbocycles. The van der Waals surface area contributed by atoms with Gasteiger partial charge in [-0.2, -0.15) is 0 Å². The van der Waals surface area contributed by atoms with Gasteiger partial charge in [0.1, 0.15) is 0 Å². The Bertz CT molecular complexity index is 1950. The Kier molecular flexibility index (Phi) is 7.31. The summed E-state index contributed by atoms with van der Waals surface area (Å²) in [5.41, 5.74) is 13.6. The molecule has 8 bridgehead atoms. The molecule has 0 saturated carbocycles. The van der Waals surface area contributed by atoms with Gasteiger partial charge in [-0.15, -0.1) is 0 Å². The summed E-state index contributed by atoms with van der Waals surface area (Å²) < 4.78 is 0. The molecule has 0 fully saturated rings. The minimum atomic E-state index is 0.915. The summed E-state index contributed by atoms with van der Waals surface area (Å²) >= 11 is 0. The summed E-state index contributed by atoms with van der Waals surface area (Å²) in [6.07, 6.45) is 9.15. The van der Waals surface area contributed by atoms with Crippen molar-refractivity contribution in [1.82, 2.24) is 19.9 Å². The summed E-state index contributed by atoms with van der Waals surface area (Å²) in [4.78, 5) is 16.0. The molecule has 0 saturated heterocycles. The van der Waals surface area contributed by atoms with Crippen molar-refractivity contribution in [3.63, 3.8) is 0 Å². The number of aromatic nitrogens is 4. The van der Waals surface area contributed by atoms with Gasteiger partial charge in [0.05, 0.1) is 22.8 Å². The van der Waals surface area contributed by atoms with Crippen LogP contribution in [0, 0.1) is 0 Å². The number of hydrogen-bond acceptors (Lipinski definition) is 2. The molecule has 2 N–H and O–H groups in total. The van der Waals surface area contributed by atoms with Crippen LogP contribution in [0.1, 0.15) is 33.9 Å². The van der Waals surface area contributed by atoms with Gasteiger partial charge in [-0.3, -0.25) is 0 Å². The van der Waals surface area contributed by atoms with Gasteiger partial charge in [-0.05, 0) is 102 Å². The van der Waals surface area contributed by atoms with E-state index in [1.54, 1.807) is 0 Å². The first-order valence-electron chi connectivity index (χ1n) is 14.5. The van der Waals surface area contributed by atoms with Crippen molar-refractivity contribution in [3.05, 3.63) is 167 Å². The molecule has 3 aromatic carbocycles. The second-order valence-corrected chi connectivity index (χ2v) is 10.6. The van der Waals surface area contributed by atoms with Gasteiger partial charge in [-0.1, -0.05) is 84.9 Å². The standard InChI is InChI=1S/C20H14N4.C13H10.C6H6/c1-2-14-10-16-5-6-18(23-16)12-20-8-7-19(24-20)11-17-4-3-15(22-17)9-13(1)21-14;1-3-7-12-10(5-1)9-11-6-2-4-8-13(11)12;1-2-4-6-5-3-1/h1-12,21-22H;1-8H,9H2;1-6H. The third-order valence-electron chi connectivity index (χ3n) is 7.41. The highest BCUT2D eigenvalue weighted by Gasteiger charge is 2.15. The lowest BCUT2D eigenvalue weighted by atomic mass is 10.1. The third-order valence-corrected chi connectivity index (χ3v) is 7.41. The molecular formula is C39H30N4. The summed E-state index contributed by atoms with van der Waals surface area (Å²) in [5.74, 6) is 0. The van der Waals surface area contributed by atoms with Gasteiger partial charge in [0.15, 0.2) is 0 Å². The SMILES string of the molecule is C1=Cc2cc3ccc(cc4ccc(cc5nc(cc1n2)C=C5)[nH]4)[nH]3.c1ccc2c(c1)Cc1ccccc1-2.c1ccccc1. The Hall–Kier alpha value is -5.74. The lowest BCUT2D eigenvalue weighted by Gasteiger charge is -1.98. The lowest BCUT2D eigenvalue weighted by Crippen LogP contribution is -1.77. The van der Waals surface area contributed by atoms with Crippen LogP contribution in [-0.4, -0.2) is 19.9 Å². The first-order valence-corrected chi connectivity index (χ1v) is 14.5. The maximum atomic E-state index is 4.62. The zero-order valence-electron chi connectivity index (χ0n) is 23.6. The third kappa shape index (κ3) is 6.29. The van der Waals surface area contributed by atoms with Crippen LogP contribution < -0.4 is 0 Å². The molecule has 4 heteroatoms. The van der Waals surface area contributed by atoms with Crippen LogP contribution in [0.4, 0.5) is 0 Å².